The quantitative estimate of drug-likeness (QED) is 0.852. The lowest BCUT2D eigenvalue weighted by molar-refractivity contribution is -0.0710. The van der Waals surface area contributed by atoms with Crippen molar-refractivity contribution in [1.29, 1.82) is 0 Å². The van der Waals surface area contributed by atoms with Crippen molar-refractivity contribution < 1.29 is 4.74 Å². The van der Waals surface area contributed by atoms with Crippen molar-refractivity contribution in [3.8, 4) is 0 Å². The number of hydrogen-bond acceptors (Lipinski definition) is 3. The molecule has 3 atom stereocenters. The second kappa shape index (κ2) is 5.34. The van der Waals surface area contributed by atoms with Gasteiger partial charge in [0.05, 0.1) is 11.2 Å². The van der Waals surface area contributed by atoms with Crippen LogP contribution in [0.3, 0.4) is 0 Å². The zero-order valence-corrected chi connectivity index (χ0v) is 13.6. The molecule has 3 heteroatoms. The second-order valence-electron chi connectivity index (χ2n) is 7.59. The maximum atomic E-state index is 6.19. The summed E-state index contributed by atoms with van der Waals surface area (Å²) >= 11 is 0. The normalized spacial score (nSPS) is 38.5. The van der Waals surface area contributed by atoms with Gasteiger partial charge < -0.3 is 15.0 Å². The van der Waals surface area contributed by atoms with Crippen LogP contribution in [-0.4, -0.2) is 47.3 Å². The fourth-order valence-electron chi connectivity index (χ4n) is 3.95. The number of hydrogen-bond donors (Lipinski definition) is 1. The zero-order valence-electron chi connectivity index (χ0n) is 13.6. The van der Waals surface area contributed by atoms with Crippen molar-refractivity contribution in [3.05, 3.63) is 0 Å². The molecule has 3 nitrogen and oxygen atoms in total. The lowest BCUT2D eigenvalue weighted by Gasteiger charge is -2.40. The SMILES string of the molecule is CCN1CCC(NC2CC(C)(C)OC2(C)C)CC1C. The van der Waals surface area contributed by atoms with Crippen LogP contribution in [0.5, 0.6) is 0 Å². The molecular formula is C16H32N2O. The molecule has 0 spiro atoms. The van der Waals surface area contributed by atoms with Crippen LogP contribution in [0.2, 0.25) is 0 Å². The summed E-state index contributed by atoms with van der Waals surface area (Å²) < 4.78 is 6.19. The minimum absolute atomic E-state index is 0.0108. The first-order chi connectivity index (χ1) is 8.73. The molecule has 3 unspecified atom stereocenters. The molecule has 2 aliphatic heterocycles. The van der Waals surface area contributed by atoms with Gasteiger partial charge in [-0.25, -0.2) is 0 Å². The van der Waals surface area contributed by atoms with E-state index < -0.39 is 0 Å². The van der Waals surface area contributed by atoms with E-state index in [1.54, 1.807) is 0 Å². The monoisotopic (exact) mass is 268 g/mol. The van der Waals surface area contributed by atoms with E-state index in [9.17, 15) is 0 Å². The number of nitrogens with one attached hydrogen (secondary N) is 1. The van der Waals surface area contributed by atoms with Crippen molar-refractivity contribution in [2.75, 3.05) is 13.1 Å². The Morgan fingerprint density at radius 3 is 2.42 bits per heavy atom. The summed E-state index contributed by atoms with van der Waals surface area (Å²) in [6.45, 7) is 15.9. The Kier molecular flexibility index (Phi) is 4.29. The standard InChI is InChI=1S/C16H32N2O/c1-7-18-9-8-13(10-12(18)2)17-14-11-15(3,4)19-16(14,5)6/h12-14,17H,7-11H2,1-6H3. The smallest absolute Gasteiger partial charge is 0.0787 e. The van der Waals surface area contributed by atoms with Crippen LogP contribution in [-0.2, 0) is 4.74 Å². The second-order valence-corrected chi connectivity index (χ2v) is 7.59. The molecule has 2 saturated heterocycles. The maximum Gasteiger partial charge on any atom is 0.0787 e. The maximum absolute atomic E-state index is 6.19. The van der Waals surface area contributed by atoms with Gasteiger partial charge in [0.1, 0.15) is 0 Å². The highest BCUT2D eigenvalue weighted by Gasteiger charge is 2.46. The number of rotatable bonds is 3. The molecule has 19 heavy (non-hydrogen) atoms. The van der Waals surface area contributed by atoms with Crippen LogP contribution in [0.4, 0.5) is 0 Å². The lowest BCUT2D eigenvalue weighted by atomic mass is 9.91. The van der Waals surface area contributed by atoms with Crippen molar-refractivity contribution in [2.24, 2.45) is 0 Å². The highest BCUT2D eigenvalue weighted by atomic mass is 16.5. The van der Waals surface area contributed by atoms with Gasteiger partial charge in [-0.2, -0.15) is 0 Å². The first-order valence-electron chi connectivity index (χ1n) is 7.94. The van der Waals surface area contributed by atoms with Gasteiger partial charge in [0.15, 0.2) is 0 Å². The van der Waals surface area contributed by atoms with Gasteiger partial charge >= 0.3 is 0 Å². The van der Waals surface area contributed by atoms with E-state index in [0.717, 1.165) is 6.42 Å². The number of nitrogens with zero attached hydrogens (tertiary/aromatic N) is 1. The highest BCUT2D eigenvalue weighted by molar-refractivity contribution is 5.00. The van der Waals surface area contributed by atoms with E-state index in [2.05, 4.69) is 51.8 Å². The predicted molar refractivity (Wildman–Crippen MR) is 80.5 cm³/mol. The average Bonchev–Trinajstić information content (AvgIpc) is 2.47. The molecule has 0 aromatic rings. The minimum Gasteiger partial charge on any atom is -0.368 e. The number of likely N-dealkylation sites (tertiary alicyclic amines) is 1. The van der Waals surface area contributed by atoms with Crippen LogP contribution >= 0.6 is 0 Å². The lowest BCUT2D eigenvalue weighted by Crippen LogP contribution is -2.53. The molecule has 0 radical (unpaired) electrons. The molecule has 0 aromatic heterocycles. The molecular weight excluding hydrogens is 236 g/mol. The Hall–Kier alpha value is -0.120. The number of ether oxygens (including phenoxy) is 1. The van der Waals surface area contributed by atoms with Crippen molar-refractivity contribution in [2.45, 2.75) is 90.1 Å². The summed E-state index contributed by atoms with van der Waals surface area (Å²) in [5, 5.41) is 3.89. The minimum atomic E-state index is -0.0470. The van der Waals surface area contributed by atoms with E-state index in [-0.39, 0.29) is 11.2 Å². The summed E-state index contributed by atoms with van der Waals surface area (Å²) in [7, 11) is 0. The van der Waals surface area contributed by atoms with Crippen LogP contribution in [0.25, 0.3) is 0 Å². The Labute approximate surface area is 119 Å². The van der Waals surface area contributed by atoms with Gasteiger partial charge in [-0.15, -0.1) is 0 Å². The summed E-state index contributed by atoms with van der Waals surface area (Å²) in [6.07, 6.45) is 3.65. The third-order valence-electron chi connectivity index (χ3n) is 4.93. The summed E-state index contributed by atoms with van der Waals surface area (Å²) in [4.78, 5) is 2.58. The van der Waals surface area contributed by atoms with E-state index in [1.165, 1.54) is 25.9 Å². The molecule has 0 aliphatic carbocycles. The Bertz CT molecular complexity index is 314. The van der Waals surface area contributed by atoms with E-state index >= 15 is 0 Å². The van der Waals surface area contributed by atoms with Gasteiger partial charge in [-0.1, -0.05) is 6.92 Å². The van der Waals surface area contributed by atoms with Gasteiger partial charge in [-0.3, -0.25) is 0 Å². The molecule has 0 bridgehead atoms. The summed E-state index contributed by atoms with van der Waals surface area (Å²) in [5.74, 6) is 0. The first kappa shape index (κ1) is 15.3. The summed E-state index contributed by atoms with van der Waals surface area (Å²) in [6, 6.07) is 1.84. The predicted octanol–water partition coefficient (Wildman–Crippen LogP) is 2.79. The molecule has 112 valence electrons. The molecule has 0 aromatic carbocycles. The zero-order chi connectivity index (χ0) is 14.3. The molecule has 2 heterocycles. The van der Waals surface area contributed by atoms with E-state index in [0.29, 0.717) is 18.1 Å². The fraction of sp³-hybridized carbons (Fsp3) is 1.00. The van der Waals surface area contributed by atoms with Gasteiger partial charge in [-0.05, 0) is 67.0 Å². The molecule has 1 N–H and O–H groups in total. The van der Waals surface area contributed by atoms with Crippen molar-refractivity contribution in [3.63, 3.8) is 0 Å². The van der Waals surface area contributed by atoms with Crippen molar-refractivity contribution >= 4 is 0 Å². The molecule has 2 fully saturated rings. The van der Waals surface area contributed by atoms with Crippen LogP contribution < -0.4 is 5.32 Å². The molecule has 0 amide bonds. The van der Waals surface area contributed by atoms with Gasteiger partial charge in [0.25, 0.3) is 0 Å². The summed E-state index contributed by atoms with van der Waals surface area (Å²) in [5.41, 5.74) is -0.0362. The molecule has 2 aliphatic rings. The third kappa shape index (κ3) is 3.50. The third-order valence-corrected chi connectivity index (χ3v) is 4.93. The van der Waals surface area contributed by atoms with Crippen LogP contribution in [0.15, 0.2) is 0 Å². The number of piperidine rings is 1. The molecule has 2 rings (SSSR count). The fourth-order valence-corrected chi connectivity index (χ4v) is 3.95. The van der Waals surface area contributed by atoms with Gasteiger partial charge in [0, 0.05) is 18.1 Å². The van der Waals surface area contributed by atoms with E-state index in [1.807, 2.05) is 0 Å². The largest absolute Gasteiger partial charge is 0.368 e. The van der Waals surface area contributed by atoms with Crippen molar-refractivity contribution in [1.82, 2.24) is 10.2 Å². The first-order valence-corrected chi connectivity index (χ1v) is 7.94. The van der Waals surface area contributed by atoms with E-state index in [4.69, 9.17) is 4.74 Å². The highest BCUT2D eigenvalue weighted by Crippen LogP contribution is 2.38. The Morgan fingerprint density at radius 1 is 1.26 bits per heavy atom. The Balaban J connectivity index is 1.92. The average molecular weight is 268 g/mol. The Morgan fingerprint density at radius 2 is 1.95 bits per heavy atom. The van der Waals surface area contributed by atoms with Crippen LogP contribution in [0, 0.1) is 0 Å². The van der Waals surface area contributed by atoms with Crippen LogP contribution in [0.1, 0.15) is 60.8 Å². The molecule has 0 saturated carbocycles. The topological polar surface area (TPSA) is 24.5 Å². The van der Waals surface area contributed by atoms with Gasteiger partial charge in [0.2, 0.25) is 0 Å².